The van der Waals surface area contributed by atoms with E-state index in [-0.39, 0.29) is 25.6 Å². The molecule has 0 saturated heterocycles. The number of ether oxygens (including phenoxy) is 2. The molecule has 0 aliphatic heterocycles. The summed E-state index contributed by atoms with van der Waals surface area (Å²) in [6.45, 7) is 3.08. The summed E-state index contributed by atoms with van der Waals surface area (Å²) in [6, 6.07) is 16.0. The molecular weight excluding hydrogens is 412 g/mol. The van der Waals surface area contributed by atoms with Gasteiger partial charge in [0.15, 0.2) is 6.10 Å². The highest BCUT2D eigenvalue weighted by molar-refractivity contribution is 5.85. The summed E-state index contributed by atoms with van der Waals surface area (Å²) >= 11 is 0. The number of amides is 2. The molecule has 1 unspecified atom stereocenters. The quantitative estimate of drug-likeness (QED) is 0.553. The first-order valence-corrected chi connectivity index (χ1v) is 10.2. The van der Waals surface area contributed by atoms with Crippen molar-refractivity contribution in [1.29, 1.82) is 0 Å². The van der Waals surface area contributed by atoms with E-state index in [4.69, 9.17) is 14.6 Å². The van der Waals surface area contributed by atoms with Gasteiger partial charge < -0.3 is 24.8 Å². The molecule has 2 N–H and O–H groups in total. The lowest BCUT2D eigenvalue weighted by Crippen LogP contribution is -2.47. The monoisotopic (exact) mass is 438 g/mol. The molecular formula is C24H26N2O6. The standard InChI is InChI=1S/C24H26N2O6/c1-3-12-26(14-22(27)28)23(29)21(31-2)13-25-24(30)32-15-20-18-10-6-4-8-16(18)17-9-5-7-11-19(17)20/h3-11,20-21H,1,12-15H2,2H3,(H,25,30)(H,27,28). The van der Waals surface area contributed by atoms with E-state index in [1.54, 1.807) is 0 Å². The molecule has 0 bridgehead atoms. The Bertz CT molecular complexity index is 960. The average Bonchev–Trinajstić information content (AvgIpc) is 3.11. The number of carboxylic acid groups (broad SMARTS) is 1. The number of fused-ring (bicyclic) bond motifs is 3. The lowest BCUT2D eigenvalue weighted by molar-refractivity contribution is -0.149. The summed E-state index contributed by atoms with van der Waals surface area (Å²) < 4.78 is 10.6. The van der Waals surface area contributed by atoms with Crippen LogP contribution in [0.25, 0.3) is 11.1 Å². The fourth-order valence-corrected chi connectivity index (χ4v) is 3.85. The minimum atomic E-state index is -1.15. The normalized spacial score (nSPS) is 12.9. The molecule has 1 aliphatic carbocycles. The number of carbonyl (C=O) groups excluding carboxylic acids is 2. The topological polar surface area (TPSA) is 105 Å². The Morgan fingerprint density at radius 1 is 1.12 bits per heavy atom. The number of rotatable bonds is 10. The molecule has 2 aromatic rings. The molecule has 1 atom stereocenters. The van der Waals surface area contributed by atoms with Gasteiger partial charge in [0.25, 0.3) is 5.91 Å². The molecule has 8 nitrogen and oxygen atoms in total. The fraction of sp³-hybridized carbons (Fsp3) is 0.292. The highest BCUT2D eigenvalue weighted by Gasteiger charge is 2.30. The van der Waals surface area contributed by atoms with Gasteiger partial charge in [-0.2, -0.15) is 0 Å². The third kappa shape index (κ3) is 5.15. The number of alkyl carbamates (subject to hydrolysis) is 1. The van der Waals surface area contributed by atoms with Gasteiger partial charge in [0.05, 0.1) is 6.54 Å². The molecule has 0 spiro atoms. The van der Waals surface area contributed by atoms with Gasteiger partial charge in [0, 0.05) is 19.6 Å². The molecule has 0 saturated carbocycles. The number of carbonyl (C=O) groups is 3. The van der Waals surface area contributed by atoms with Crippen molar-refractivity contribution >= 4 is 18.0 Å². The molecule has 1 aliphatic rings. The highest BCUT2D eigenvalue weighted by Crippen LogP contribution is 2.44. The third-order valence-corrected chi connectivity index (χ3v) is 5.32. The number of hydrogen-bond acceptors (Lipinski definition) is 5. The molecule has 0 fully saturated rings. The van der Waals surface area contributed by atoms with Crippen molar-refractivity contribution in [3.8, 4) is 11.1 Å². The summed E-state index contributed by atoms with van der Waals surface area (Å²) in [4.78, 5) is 36.9. The summed E-state index contributed by atoms with van der Waals surface area (Å²) in [5, 5.41) is 11.5. The predicted octanol–water partition coefficient (Wildman–Crippen LogP) is 2.64. The van der Waals surface area contributed by atoms with E-state index in [1.165, 1.54) is 13.2 Å². The maximum Gasteiger partial charge on any atom is 0.407 e. The van der Waals surface area contributed by atoms with Gasteiger partial charge >= 0.3 is 12.1 Å². The van der Waals surface area contributed by atoms with E-state index in [0.29, 0.717) is 0 Å². The maximum atomic E-state index is 12.6. The number of methoxy groups -OCH3 is 1. The van der Waals surface area contributed by atoms with Crippen LogP contribution < -0.4 is 5.32 Å². The second kappa shape index (κ2) is 10.6. The Morgan fingerprint density at radius 2 is 1.72 bits per heavy atom. The number of aliphatic carboxylic acids is 1. The molecule has 0 radical (unpaired) electrons. The van der Waals surface area contributed by atoms with E-state index in [2.05, 4.69) is 24.0 Å². The Hall–Kier alpha value is -3.65. The Kier molecular flexibility index (Phi) is 7.62. The lowest BCUT2D eigenvalue weighted by atomic mass is 9.98. The van der Waals surface area contributed by atoms with E-state index in [1.807, 2.05) is 36.4 Å². The minimum absolute atomic E-state index is 0.0515. The number of nitrogens with zero attached hydrogens (tertiary/aromatic N) is 1. The van der Waals surface area contributed by atoms with Crippen LogP contribution in [0, 0.1) is 0 Å². The molecule has 2 amide bonds. The van der Waals surface area contributed by atoms with Gasteiger partial charge in [-0.15, -0.1) is 6.58 Å². The predicted molar refractivity (Wildman–Crippen MR) is 118 cm³/mol. The second-order valence-electron chi connectivity index (χ2n) is 7.33. The van der Waals surface area contributed by atoms with E-state index >= 15 is 0 Å². The average molecular weight is 438 g/mol. The van der Waals surface area contributed by atoms with Gasteiger partial charge in [0.2, 0.25) is 0 Å². The Balaban J connectivity index is 1.58. The van der Waals surface area contributed by atoms with Gasteiger partial charge in [0.1, 0.15) is 13.2 Å². The third-order valence-electron chi connectivity index (χ3n) is 5.32. The number of carboxylic acids is 1. The van der Waals surface area contributed by atoms with Crippen LogP contribution in [-0.4, -0.2) is 67.4 Å². The van der Waals surface area contributed by atoms with Crippen LogP contribution in [0.3, 0.4) is 0 Å². The molecule has 0 aromatic heterocycles. The first-order valence-electron chi connectivity index (χ1n) is 10.2. The minimum Gasteiger partial charge on any atom is -0.480 e. The van der Waals surface area contributed by atoms with Crippen molar-refractivity contribution in [2.24, 2.45) is 0 Å². The van der Waals surface area contributed by atoms with Crippen LogP contribution in [0.2, 0.25) is 0 Å². The van der Waals surface area contributed by atoms with E-state index < -0.39 is 30.6 Å². The highest BCUT2D eigenvalue weighted by atomic mass is 16.5. The zero-order chi connectivity index (χ0) is 23.1. The lowest BCUT2D eigenvalue weighted by Gasteiger charge is -2.24. The fourth-order valence-electron chi connectivity index (χ4n) is 3.85. The van der Waals surface area contributed by atoms with Gasteiger partial charge in [-0.1, -0.05) is 54.6 Å². The van der Waals surface area contributed by atoms with E-state index in [0.717, 1.165) is 27.2 Å². The van der Waals surface area contributed by atoms with Crippen LogP contribution in [-0.2, 0) is 19.1 Å². The SMILES string of the molecule is C=CCN(CC(=O)O)C(=O)C(CNC(=O)OCC1c2ccccc2-c2ccccc21)OC. The molecule has 8 heteroatoms. The molecule has 32 heavy (non-hydrogen) atoms. The first kappa shape index (κ1) is 23.0. The van der Waals surface area contributed by atoms with Crippen LogP contribution in [0.15, 0.2) is 61.2 Å². The molecule has 168 valence electrons. The largest absolute Gasteiger partial charge is 0.480 e. The van der Waals surface area contributed by atoms with Crippen molar-refractivity contribution < 1.29 is 29.0 Å². The summed E-state index contributed by atoms with van der Waals surface area (Å²) in [6.07, 6.45) is -0.308. The summed E-state index contributed by atoms with van der Waals surface area (Å²) in [5.74, 6) is -1.79. The van der Waals surface area contributed by atoms with Gasteiger partial charge in [-0.25, -0.2) is 4.79 Å². The molecule has 2 aromatic carbocycles. The summed E-state index contributed by atoms with van der Waals surface area (Å²) in [5.41, 5.74) is 4.45. The van der Waals surface area contributed by atoms with Crippen LogP contribution in [0.1, 0.15) is 17.0 Å². The van der Waals surface area contributed by atoms with Crippen molar-refractivity contribution in [2.75, 3.05) is 33.4 Å². The zero-order valence-corrected chi connectivity index (χ0v) is 17.8. The van der Waals surface area contributed by atoms with Crippen molar-refractivity contribution in [3.63, 3.8) is 0 Å². The molecule has 0 heterocycles. The van der Waals surface area contributed by atoms with Crippen molar-refractivity contribution in [3.05, 3.63) is 72.3 Å². The molecule has 3 rings (SSSR count). The van der Waals surface area contributed by atoms with Crippen molar-refractivity contribution in [1.82, 2.24) is 10.2 Å². The summed E-state index contributed by atoms with van der Waals surface area (Å²) in [7, 11) is 1.31. The van der Waals surface area contributed by atoms with E-state index in [9.17, 15) is 14.4 Å². The van der Waals surface area contributed by atoms with Crippen LogP contribution in [0.5, 0.6) is 0 Å². The first-order chi connectivity index (χ1) is 15.5. The zero-order valence-electron chi connectivity index (χ0n) is 17.8. The number of benzene rings is 2. The smallest absolute Gasteiger partial charge is 0.407 e. The second-order valence-corrected chi connectivity index (χ2v) is 7.33. The maximum absolute atomic E-state index is 12.6. The van der Waals surface area contributed by atoms with Crippen LogP contribution >= 0.6 is 0 Å². The number of hydrogen-bond donors (Lipinski definition) is 2. The van der Waals surface area contributed by atoms with Gasteiger partial charge in [-0.05, 0) is 22.3 Å². The van der Waals surface area contributed by atoms with Crippen LogP contribution in [0.4, 0.5) is 4.79 Å². The number of nitrogens with one attached hydrogen (secondary N) is 1. The van der Waals surface area contributed by atoms with Crippen molar-refractivity contribution in [2.45, 2.75) is 12.0 Å². The Morgan fingerprint density at radius 3 is 2.25 bits per heavy atom. The van der Waals surface area contributed by atoms with Gasteiger partial charge in [-0.3, -0.25) is 9.59 Å². The Labute approximate surface area is 186 Å².